The fraction of sp³-hybridized carbons (Fsp3) is 0.238. The van der Waals surface area contributed by atoms with Gasteiger partial charge in [-0.25, -0.2) is 9.78 Å². The molecule has 0 radical (unpaired) electrons. The van der Waals surface area contributed by atoms with E-state index in [-0.39, 0.29) is 30.0 Å². The lowest BCUT2D eigenvalue weighted by Gasteiger charge is -2.33. The number of para-hydroxylation sites is 1. The van der Waals surface area contributed by atoms with Crippen LogP contribution in [-0.2, 0) is 11.4 Å². The number of hydrogen-bond donors (Lipinski definition) is 2. The second kappa shape index (κ2) is 15.0. The van der Waals surface area contributed by atoms with Crippen LogP contribution in [0, 0.1) is 35.5 Å². The normalized spacial score (nSPS) is 16.5. The average Bonchev–Trinajstić information content (AvgIpc) is 3.95. The number of nitrogens with zero attached hydrogens (tertiary/aromatic N) is 5. The number of pyridine rings is 1. The van der Waals surface area contributed by atoms with Crippen LogP contribution in [0.1, 0.15) is 52.0 Å². The zero-order valence-corrected chi connectivity index (χ0v) is 30.7. The maximum absolute atomic E-state index is 13.9. The van der Waals surface area contributed by atoms with E-state index in [1.165, 1.54) is 11.3 Å². The van der Waals surface area contributed by atoms with E-state index in [2.05, 4.69) is 27.8 Å². The largest absolute Gasteiger partial charge is 0.488 e. The molecule has 274 valence electrons. The van der Waals surface area contributed by atoms with E-state index in [4.69, 9.17) is 9.47 Å². The number of benzene rings is 3. The molecule has 0 spiro atoms. The summed E-state index contributed by atoms with van der Waals surface area (Å²) >= 11 is 1.20. The summed E-state index contributed by atoms with van der Waals surface area (Å²) in [6, 6.07) is 25.3. The molecule has 13 heteroatoms. The van der Waals surface area contributed by atoms with Crippen LogP contribution in [0.4, 0.5) is 21.9 Å². The summed E-state index contributed by atoms with van der Waals surface area (Å²) in [6.45, 7) is 2.98. The first-order valence-corrected chi connectivity index (χ1v) is 18.9. The second-order valence-corrected chi connectivity index (χ2v) is 14.8. The minimum absolute atomic E-state index is 0.166. The third-order valence-corrected chi connectivity index (χ3v) is 10.9. The minimum atomic E-state index is -0.421. The summed E-state index contributed by atoms with van der Waals surface area (Å²) in [4.78, 5) is 49.4. The van der Waals surface area contributed by atoms with Crippen LogP contribution >= 0.6 is 11.3 Å². The van der Waals surface area contributed by atoms with Crippen LogP contribution in [-0.4, -0.2) is 46.9 Å². The number of hydrogen-bond acceptors (Lipinski definition) is 9. The fourth-order valence-electron chi connectivity index (χ4n) is 6.96. The topological polar surface area (TPSA) is 161 Å². The number of thiophene rings is 1. The Balaban J connectivity index is 0.977. The van der Waals surface area contributed by atoms with Crippen molar-refractivity contribution < 1.29 is 23.9 Å². The summed E-state index contributed by atoms with van der Waals surface area (Å²) in [6.07, 6.45) is 6.77. The highest BCUT2D eigenvalue weighted by molar-refractivity contribution is 7.21. The number of amides is 4. The van der Waals surface area contributed by atoms with Crippen molar-refractivity contribution in [2.75, 3.05) is 23.3 Å². The Hall–Kier alpha value is -6.70. The van der Waals surface area contributed by atoms with Crippen molar-refractivity contribution in [2.45, 2.75) is 45.3 Å². The molecule has 55 heavy (non-hydrogen) atoms. The summed E-state index contributed by atoms with van der Waals surface area (Å²) in [5.74, 6) is 1.34. The molecule has 8 rings (SSSR count). The average molecular weight is 750 g/mol. The molecule has 1 saturated carbocycles. The Kier molecular flexibility index (Phi) is 9.62. The van der Waals surface area contributed by atoms with Crippen LogP contribution in [0.2, 0.25) is 0 Å². The molecule has 0 unspecified atom stereocenters. The fourth-order valence-corrected chi connectivity index (χ4v) is 7.98. The molecule has 3 aliphatic rings. The van der Waals surface area contributed by atoms with E-state index < -0.39 is 6.03 Å². The van der Waals surface area contributed by atoms with Crippen LogP contribution in [0.5, 0.6) is 17.2 Å². The number of nitrogens with one attached hydrogen (secondary N) is 2. The van der Waals surface area contributed by atoms with Crippen LogP contribution < -0.4 is 25.0 Å². The lowest BCUT2D eigenvalue weighted by atomic mass is 10.0. The lowest BCUT2D eigenvalue weighted by molar-refractivity contribution is -0.128. The highest BCUT2D eigenvalue weighted by Gasteiger charge is 2.35. The number of likely N-dealkylation sites (tertiary alicyclic amines) is 1. The SMILES string of the molecule is Cc1cc(Oc2cccc(COc3ccccc3C#N)c2)ccc1N1C(=O)Nc2c(C(=O)N[C@@H]3CCCN(C(=O)/C(C#N)=C/C4CC4)C3)sc3nccc1c23. The molecule has 1 atom stereocenters. The maximum atomic E-state index is 13.9. The monoisotopic (exact) mass is 749 g/mol. The molecule has 2 aliphatic heterocycles. The van der Waals surface area contributed by atoms with Gasteiger partial charge in [-0.2, -0.15) is 10.5 Å². The third kappa shape index (κ3) is 7.30. The Bertz CT molecular complexity index is 2480. The Morgan fingerprint density at radius 2 is 1.87 bits per heavy atom. The van der Waals surface area contributed by atoms with Gasteiger partial charge in [0.15, 0.2) is 0 Å². The number of carbonyl (C=O) groups excluding carboxylic acids is 3. The quantitative estimate of drug-likeness (QED) is 0.107. The smallest absolute Gasteiger partial charge is 0.331 e. The number of aryl methyl sites for hydroxylation is 1. The van der Waals surface area contributed by atoms with E-state index in [9.17, 15) is 24.9 Å². The number of nitriles is 2. The van der Waals surface area contributed by atoms with Gasteiger partial charge in [0.2, 0.25) is 0 Å². The van der Waals surface area contributed by atoms with Gasteiger partial charge in [-0.1, -0.05) is 30.3 Å². The van der Waals surface area contributed by atoms with Crippen LogP contribution in [0.25, 0.3) is 10.2 Å². The van der Waals surface area contributed by atoms with Crippen molar-refractivity contribution in [1.29, 1.82) is 10.5 Å². The van der Waals surface area contributed by atoms with E-state index in [0.717, 1.165) is 24.0 Å². The molecule has 0 bridgehead atoms. The van der Waals surface area contributed by atoms with E-state index in [0.29, 0.717) is 86.8 Å². The van der Waals surface area contributed by atoms with Crippen molar-refractivity contribution >= 4 is 56.5 Å². The molecule has 2 fully saturated rings. The van der Waals surface area contributed by atoms with Gasteiger partial charge in [0, 0.05) is 25.3 Å². The first-order valence-electron chi connectivity index (χ1n) is 18.0. The first kappa shape index (κ1) is 35.3. The molecular formula is C42H35N7O5S. The standard InChI is InChI=1S/C42H35N7O5S/c1-25-18-32(54-31-9-4-6-27(20-31)24-53-35-10-3-2-7-28(35)21-43)13-14-33(25)49-34-15-16-45-40-36(34)37(47-42(49)52)38(55-40)39(50)46-30-8-5-17-48(23-30)41(51)29(22-44)19-26-11-12-26/h2-4,6-7,9-10,13-16,18-20,26,30H,5,8,11-12,17,23-24H2,1H3,(H,46,50)(H,47,52)/b29-19+/t30-/m1/s1. The summed E-state index contributed by atoms with van der Waals surface area (Å²) in [7, 11) is 0. The number of carbonyl (C=O) groups is 3. The number of allylic oxidation sites excluding steroid dienone is 1. The number of ether oxygens (including phenoxy) is 2. The number of rotatable bonds is 10. The van der Waals surface area contributed by atoms with Crippen molar-refractivity contribution in [2.24, 2.45) is 5.92 Å². The van der Waals surface area contributed by atoms with Gasteiger partial charge >= 0.3 is 6.03 Å². The van der Waals surface area contributed by atoms with Crippen molar-refractivity contribution in [3.05, 3.63) is 112 Å². The minimum Gasteiger partial charge on any atom is -0.488 e. The molecule has 3 aromatic carbocycles. The second-order valence-electron chi connectivity index (χ2n) is 13.8. The van der Waals surface area contributed by atoms with Crippen molar-refractivity contribution in [1.82, 2.24) is 15.2 Å². The van der Waals surface area contributed by atoms with Gasteiger partial charge in [-0.05, 0) is 98.2 Å². The molecular weight excluding hydrogens is 715 g/mol. The Morgan fingerprint density at radius 3 is 2.67 bits per heavy atom. The number of aromatic nitrogens is 1. The Labute approximate surface area is 321 Å². The zero-order valence-electron chi connectivity index (χ0n) is 29.9. The van der Waals surface area contributed by atoms with Crippen LogP contribution in [0.3, 0.4) is 0 Å². The predicted octanol–water partition coefficient (Wildman–Crippen LogP) is 8.11. The first-order chi connectivity index (χ1) is 26.8. The molecule has 2 aromatic heterocycles. The summed E-state index contributed by atoms with van der Waals surface area (Å²) in [5.41, 5.74) is 3.92. The molecule has 12 nitrogen and oxygen atoms in total. The van der Waals surface area contributed by atoms with Gasteiger partial charge in [0.1, 0.15) is 51.3 Å². The van der Waals surface area contributed by atoms with E-state index in [1.54, 1.807) is 52.4 Å². The maximum Gasteiger partial charge on any atom is 0.331 e. The van der Waals surface area contributed by atoms with Crippen molar-refractivity contribution in [3.63, 3.8) is 0 Å². The van der Waals surface area contributed by atoms with Gasteiger partial charge in [-0.3, -0.25) is 14.5 Å². The number of piperidine rings is 1. The number of urea groups is 1. The highest BCUT2D eigenvalue weighted by atomic mass is 32.1. The van der Waals surface area contributed by atoms with E-state index >= 15 is 0 Å². The molecule has 5 aromatic rings. The highest BCUT2D eigenvalue weighted by Crippen LogP contribution is 2.46. The zero-order chi connectivity index (χ0) is 38.1. The molecule has 4 amide bonds. The van der Waals surface area contributed by atoms with Crippen LogP contribution in [0.15, 0.2) is 90.6 Å². The Morgan fingerprint density at radius 1 is 1.04 bits per heavy atom. The molecule has 1 aliphatic carbocycles. The molecule has 2 N–H and O–H groups in total. The third-order valence-electron chi connectivity index (χ3n) is 9.82. The lowest BCUT2D eigenvalue weighted by Crippen LogP contribution is -2.50. The van der Waals surface area contributed by atoms with Gasteiger partial charge in [-0.15, -0.1) is 11.3 Å². The van der Waals surface area contributed by atoms with Gasteiger partial charge in [0.25, 0.3) is 11.8 Å². The van der Waals surface area contributed by atoms with Gasteiger partial charge in [0.05, 0.1) is 28.0 Å². The molecule has 4 heterocycles. The number of anilines is 3. The van der Waals surface area contributed by atoms with Crippen molar-refractivity contribution in [3.8, 4) is 29.4 Å². The molecule has 1 saturated heterocycles. The predicted molar refractivity (Wildman–Crippen MR) is 207 cm³/mol. The van der Waals surface area contributed by atoms with Gasteiger partial charge < -0.3 is 25.0 Å². The summed E-state index contributed by atoms with van der Waals surface area (Å²) in [5, 5.41) is 25.6. The van der Waals surface area contributed by atoms with E-state index in [1.807, 2.05) is 49.4 Å². The summed E-state index contributed by atoms with van der Waals surface area (Å²) < 4.78 is 12.1.